The minimum Gasteiger partial charge on any atom is -0.457 e. The van der Waals surface area contributed by atoms with Crippen molar-refractivity contribution in [3.8, 4) is 11.5 Å². The molecule has 0 aliphatic carbocycles. The van der Waals surface area contributed by atoms with Gasteiger partial charge in [0, 0.05) is 24.3 Å². The molecule has 0 radical (unpaired) electrons. The SMILES string of the molecule is C=CC(=O)OCOCc1cc(OCOC(=O)C=C)cc(OCOC(=O)C=C)c1. The van der Waals surface area contributed by atoms with E-state index in [0.29, 0.717) is 17.1 Å². The maximum Gasteiger partial charge on any atom is 0.333 e. The van der Waals surface area contributed by atoms with Crippen molar-refractivity contribution < 1.29 is 42.8 Å². The monoisotopic (exact) mass is 392 g/mol. The Morgan fingerprint density at radius 3 is 1.57 bits per heavy atom. The Bertz CT molecular complexity index is 680. The molecule has 0 saturated heterocycles. The van der Waals surface area contributed by atoms with Crippen LogP contribution in [0.5, 0.6) is 11.5 Å². The fraction of sp³-hybridized carbons (Fsp3) is 0.211. The summed E-state index contributed by atoms with van der Waals surface area (Å²) >= 11 is 0. The second-order valence-corrected chi connectivity index (χ2v) is 4.81. The molecule has 28 heavy (non-hydrogen) atoms. The molecule has 0 aliphatic heterocycles. The van der Waals surface area contributed by atoms with E-state index in [2.05, 4.69) is 19.7 Å². The van der Waals surface area contributed by atoms with Crippen LogP contribution in [0, 0.1) is 0 Å². The third-order valence-corrected chi connectivity index (χ3v) is 2.85. The highest BCUT2D eigenvalue weighted by Gasteiger charge is 2.07. The first-order chi connectivity index (χ1) is 13.5. The highest BCUT2D eigenvalue weighted by Crippen LogP contribution is 2.24. The molecule has 0 unspecified atom stereocenters. The van der Waals surface area contributed by atoms with Crippen molar-refractivity contribution in [1.82, 2.24) is 0 Å². The number of benzene rings is 1. The second-order valence-electron chi connectivity index (χ2n) is 4.81. The fourth-order valence-corrected chi connectivity index (χ4v) is 1.63. The summed E-state index contributed by atoms with van der Waals surface area (Å²) in [6.07, 6.45) is 3.01. The first-order valence-corrected chi connectivity index (χ1v) is 7.83. The summed E-state index contributed by atoms with van der Waals surface area (Å²) in [6.45, 7) is 8.89. The Morgan fingerprint density at radius 2 is 1.14 bits per heavy atom. The smallest absolute Gasteiger partial charge is 0.333 e. The van der Waals surface area contributed by atoms with Crippen LogP contribution in [0.1, 0.15) is 5.56 Å². The number of carbonyl (C=O) groups excluding carboxylic acids is 3. The molecule has 0 atom stereocenters. The highest BCUT2D eigenvalue weighted by molar-refractivity contribution is 5.81. The first kappa shape index (κ1) is 22.5. The van der Waals surface area contributed by atoms with Crippen LogP contribution in [0.4, 0.5) is 0 Å². The van der Waals surface area contributed by atoms with Gasteiger partial charge in [0.15, 0.2) is 6.79 Å². The number of carbonyl (C=O) groups is 3. The van der Waals surface area contributed by atoms with E-state index in [1.54, 1.807) is 12.1 Å². The van der Waals surface area contributed by atoms with Crippen LogP contribution in [0.3, 0.4) is 0 Å². The van der Waals surface area contributed by atoms with Crippen LogP contribution in [0.2, 0.25) is 0 Å². The van der Waals surface area contributed by atoms with Gasteiger partial charge in [0.1, 0.15) is 11.5 Å². The summed E-state index contributed by atoms with van der Waals surface area (Å²) in [7, 11) is 0. The van der Waals surface area contributed by atoms with E-state index >= 15 is 0 Å². The molecule has 0 spiro atoms. The van der Waals surface area contributed by atoms with Crippen LogP contribution in [-0.4, -0.2) is 38.3 Å². The zero-order chi connectivity index (χ0) is 20.8. The molecule has 0 amide bonds. The van der Waals surface area contributed by atoms with E-state index in [1.165, 1.54) is 6.07 Å². The molecule has 9 heteroatoms. The Hall–Kier alpha value is -3.59. The molecule has 0 fully saturated rings. The third kappa shape index (κ3) is 9.20. The number of hydrogen-bond donors (Lipinski definition) is 0. The number of rotatable bonds is 13. The van der Waals surface area contributed by atoms with Crippen LogP contribution in [0.15, 0.2) is 56.2 Å². The Balaban J connectivity index is 2.71. The van der Waals surface area contributed by atoms with Crippen molar-refractivity contribution in [2.45, 2.75) is 6.61 Å². The minimum atomic E-state index is -0.642. The average Bonchev–Trinajstić information content (AvgIpc) is 2.70. The van der Waals surface area contributed by atoms with Gasteiger partial charge in [-0.05, 0) is 17.7 Å². The van der Waals surface area contributed by atoms with Gasteiger partial charge < -0.3 is 28.4 Å². The zero-order valence-corrected chi connectivity index (χ0v) is 15.1. The molecule has 0 saturated carbocycles. The molecule has 1 aromatic rings. The van der Waals surface area contributed by atoms with E-state index in [4.69, 9.17) is 28.4 Å². The van der Waals surface area contributed by atoms with Gasteiger partial charge in [-0.3, -0.25) is 0 Å². The Labute approximate surface area is 161 Å². The van der Waals surface area contributed by atoms with E-state index in [0.717, 1.165) is 18.2 Å². The van der Waals surface area contributed by atoms with Gasteiger partial charge in [-0.2, -0.15) is 0 Å². The maximum atomic E-state index is 11.1. The molecule has 1 rings (SSSR count). The molecular formula is C19H20O9. The third-order valence-electron chi connectivity index (χ3n) is 2.85. The lowest BCUT2D eigenvalue weighted by Crippen LogP contribution is -2.10. The van der Waals surface area contributed by atoms with Crippen molar-refractivity contribution in [1.29, 1.82) is 0 Å². The fourth-order valence-electron chi connectivity index (χ4n) is 1.63. The lowest BCUT2D eigenvalue weighted by Gasteiger charge is -2.12. The normalized spacial score (nSPS) is 9.57. The van der Waals surface area contributed by atoms with Gasteiger partial charge in [0.05, 0.1) is 6.61 Å². The largest absolute Gasteiger partial charge is 0.457 e. The topological polar surface area (TPSA) is 107 Å². The molecule has 9 nitrogen and oxygen atoms in total. The number of esters is 3. The van der Waals surface area contributed by atoms with Gasteiger partial charge in [-0.15, -0.1) is 0 Å². The lowest BCUT2D eigenvalue weighted by molar-refractivity contribution is -0.151. The quantitative estimate of drug-likeness (QED) is 0.164. The summed E-state index contributed by atoms with van der Waals surface area (Å²) in [4.78, 5) is 33.1. The lowest BCUT2D eigenvalue weighted by atomic mass is 10.2. The van der Waals surface area contributed by atoms with Gasteiger partial charge in [-0.1, -0.05) is 19.7 Å². The van der Waals surface area contributed by atoms with Gasteiger partial charge in [0.2, 0.25) is 13.6 Å². The van der Waals surface area contributed by atoms with E-state index < -0.39 is 17.9 Å². The van der Waals surface area contributed by atoms with Gasteiger partial charge in [-0.25, -0.2) is 14.4 Å². The van der Waals surface area contributed by atoms with Crippen LogP contribution >= 0.6 is 0 Å². The molecule has 0 aliphatic rings. The number of ether oxygens (including phenoxy) is 6. The van der Waals surface area contributed by atoms with Crippen LogP contribution in [0.25, 0.3) is 0 Å². The Kier molecular flexibility index (Phi) is 10.2. The van der Waals surface area contributed by atoms with Gasteiger partial charge in [0.25, 0.3) is 0 Å². The second kappa shape index (κ2) is 12.7. The van der Waals surface area contributed by atoms with Crippen molar-refractivity contribution in [3.63, 3.8) is 0 Å². The zero-order valence-electron chi connectivity index (χ0n) is 15.1. The first-order valence-electron chi connectivity index (χ1n) is 7.83. The maximum absolute atomic E-state index is 11.1. The molecular weight excluding hydrogens is 372 g/mol. The molecule has 0 N–H and O–H groups in total. The summed E-state index contributed by atoms with van der Waals surface area (Å²) in [6, 6.07) is 4.68. The highest BCUT2D eigenvalue weighted by atomic mass is 16.7. The molecule has 0 aromatic heterocycles. The van der Waals surface area contributed by atoms with Crippen molar-refractivity contribution in [2.24, 2.45) is 0 Å². The predicted octanol–water partition coefficient (Wildman–Crippen LogP) is 2.02. The summed E-state index contributed by atoms with van der Waals surface area (Å²) in [5.74, 6) is -1.31. The molecule has 0 bridgehead atoms. The summed E-state index contributed by atoms with van der Waals surface area (Å²) < 4.78 is 30.1. The van der Waals surface area contributed by atoms with E-state index in [1.807, 2.05) is 0 Å². The van der Waals surface area contributed by atoms with Crippen molar-refractivity contribution >= 4 is 17.9 Å². The summed E-state index contributed by atoms with van der Waals surface area (Å²) in [5, 5.41) is 0. The van der Waals surface area contributed by atoms with Crippen molar-refractivity contribution in [2.75, 3.05) is 20.4 Å². The number of hydrogen-bond acceptors (Lipinski definition) is 9. The summed E-state index contributed by atoms with van der Waals surface area (Å²) in [5.41, 5.74) is 0.590. The predicted molar refractivity (Wildman–Crippen MR) is 96.0 cm³/mol. The van der Waals surface area contributed by atoms with Crippen molar-refractivity contribution in [3.05, 3.63) is 61.7 Å². The average molecular weight is 392 g/mol. The van der Waals surface area contributed by atoms with E-state index in [-0.39, 0.29) is 27.0 Å². The molecule has 1 aromatic carbocycles. The van der Waals surface area contributed by atoms with Crippen LogP contribution < -0.4 is 9.47 Å². The Morgan fingerprint density at radius 1 is 0.714 bits per heavy atom. The standard InChI is InChI=1S/C19H20O9/c1-4-17(20)26-11-23-10-14-7-15(24-12-27-18(21)5-2)9-16(8-14)25-13-28-19(22)6-3/h4-9H,1-3,10-13H2. The minimum absolute atomic E-state index is 0.0525. The van der Waals surface area contributed by atoms with E-state index in [9.17, 15) is 14.4 Å². The van der Waals surface area contributed by atoms with Gasteiger partial charge >= 0.3 is 17.9 Å². The molecule has 0 heterocycles. The molecule has 150 valence electrons. The van der Waals surface area contributed by atoms with Crippen LogP contribution in [-0.2, 0) is 39.9 Å².